The van der Waals surface area contributed by atoms with Crippen molar-refractivity contribution in [1.82, 2.24) is 19.6 Å². The van der Waals surface area contributed by atoms with Crippen LogP contribution in [0.2, 0.25) is 0 Å². The van der Waals surface area contributed by atoms with E-state index in [0.717, 1.165) is 35.3 Å². The zero-order valence-corrected chi connectivity index (χ0v) is 16.0. The molecule has 29 heavy (non-hydrogen) atoms. The number of anilines is 1. The van der Waals surface area contributed by atoms with Gasteiger partial charge in [0.1, 0.15) is 5.82 Å². The molecule has 5 rings (SSSR count). The first-order valence-corrected chi connectivity index (χ1v) is 9.95. The van der Waals surface area contributed by atoms with Gasteiger partial charge < -0.3 is 5.32 Å². The smallest absolute Gasteiger partial charge is 0.258 e. The van der Waals surface area contributed by atoms with Gasteiger partial charge in [0.2, 0.25) is 0 Å². The van der Waals surface area contributed by atoms with Gasteiger partial charge in [-0.05, 0) is 30.9 Å². The monoisotopic (exact) mass is 383 g/mol. The minimum atomic E-state index is -0.220. The predicted molar refractivity (Wildman–Crippen MR) is 112 cm³/mol. The van der Waals surface area contributed by atoms with Crippen molar-refractivity contribution in [2.75, 3.05) is 5.32 Å². The summed E-state index contributed by atoms with van der Waals surface area (Å²) in [4.78, 5) is 21.7. The van der Waals surface area contributed by atoms with Gasteiger partial charge in [-0.15, -0.1) is 0 Å². The Morgan fingerprint density at radius 2 is 1.86 bits per heavy atom. The Morgan fingerprint density at radius 3 is 2.62 bits per heavy atom. The van der Waals surface area contributed by atoms with Crippen molar-refractivity contribution >= 4 is 17.4 Å². The molecule has 1 aliphatic rings. The second kappa shape index (κ2) is 7.47. The first kappa shape index (κ1) is 17.6. The highest BCUT2D eigenvalue weighted by molar-refractivity contribution is 6.03. The average Bonchev–Trinajstić information content (AvgIpc) is 3.44. The molecule has 4 aromatic rings. The Balaban J connectivity index is 1.62. The third-order valence-electron chi connectivity index (χ3n) is 5.53. The summed E-state index contributed by atoms with van der Waals surface area (Å²) < 4.78 is 1.74. The summed E-state index contributed by atoms with van der Waals surface area (Å²) in [6, 6.07) is 15.4. The Labute approximate surface area is 168 Å². The van der Waals surface area contributed by atoms with Gasteiger partial charge in [-0.25, -0.2) is 4.98 Å². The Kier molecular flexibility index (Phi) is 4.52. The third kappa shape index (κ3) is 3.38. The van der Waals surface area contributed by atoms with Crippen LogP contribution in [0.1, 0.15) is 47.5 Å². The number of amides is 1. The minimum Gasteiger partial charge on any atom is -0.306 e. The molecule has 1 aromatic carbocycles. The fourth-order valence-electron chi connectivity index (χ4n) is 4.04. The van der Waals surface area contributed by atoms with Crippen molar-refractivity contribution in [3.8, 4) is 11.3 Å². The van der Waals surface area contributed by atoms with Gasteiger partial charge in [-0.3, -0.25) is 9.78 Å². The summed E-state index contributed by atoms with van der Waals surface area (Å²) in [7, 11) is 0. The van der Waals surface area contributed by atoms with E-state index >= 15 is 0 Å². The van der Waals surface area contributed by atoms with Crippen LogP contribution < -0.4 is 5.32 Å². The summed E-state index contributed by atoms with van der Waals surface area (Å²) in [6.45, 7) is 0. The van der Waals surface area contributed by atoms with Gasteiger partial charge in [0.05, 0.1) is 17.5 Å². The number of benzene rings is 1. The molecule has 3 aromatic heterocycles. The quantitative estimate of drug-likeness (QED) is 0.554. The molecule has 0 spiro atoms. The zero-order valence-electron chi connectivity index (χ0n) is 16.0. The molecule has 3 heterocycles. The van der Waals surface area contributed by atoms with E-state index in [9.17, 15) is 4.79 Å². The standard InChI is InChI=1S/C23H21N5O/c29-23(18-11-6-12-24-14-18)27-21-13-20(17-9-2-1-3-10-17)26-22-19(15-25-28(21)22)16-7-4-5-8-16/h1-3,6,9-16H,4-5,7-8H2,(H,27,29). The number of aromatic nitrogens is 4. The summed E-state index contributed by atoms with van der Waals surface area (Å²) in [5.41, 5.74) is 4.31. The highest BCUT2D eigenvalue weighted by atomic mass is 16.1. The summed E-state index contributed by atoms with van der Waals surface area (Å²) in [5.74, 6) is 0.863. The van der Waals surface area contributed by atoms with E-state index < -0.39 is 0 Å². The first-order valence-electron chi connectivity index (χ1n) is 9.95. The molecule has 144 valence electrons. The maximum atomic E-state index is 12.8. The van der Waals surface area contributed by atoms with E-state index in [-0.39, 0.29) is 5.91 Å². The van der Waals surface area contributed by atoms with E-state index in [1.807, 2.05) is 42.6 Å². The molecule has 1 N–H and O–H groups in total. The molecule has 0 atom stereocenters. The number of nitrogens with one attached hydrogen (secondary N) is 1. The van der Waals surface area contributed by atoms with Gasteiger partial charge in [0, 0.05) is 29.6 Å². The Morgan fingerprint density at radius 1 is 1.03 bits per heavy atom. The molecule has 0 unspecified atom stereocenters. The zero-order chi connectivity index (χ0) is 19.6. The molecular formula is C23H21N5O. The highest BCUT2D eigenvalue weighted by Crippen LogP contribution is 2.36. The van der Waals surface area contributed by atoms with Crippen LogP contribution in [-0.2, 0) is 0 Å². The lowest BCUT2D eigenvalue weighted by Gasteiger charge is -2.12. The maximum Gasteiger partial charge on any atom is 0.258 e. The van der Waals surface area contributed by atoms with Crippen LogP contribution in [0.5, 0.6) is 0 Å². The molecule has 0 bridgehead atoms. The van der Waals surface area contributed by atoms with Crippen LogP contribution in [-0.4, -0.2) is 25.5 Å². The minimum absolute atomic E-state index is 0.220. The third-order valence-corrected chi connectivity index (χ3v) is 5.53. The molecule has 1 aliphatic carbocycles. The lowest BCUT2D eigenvalue weighted by Crippen LogP contribution is -2.15. The van der Waals surface area contributed by atoms with Gasteiger partial charge >= 0.3 is 0 Å². The number of hydrogen-bond donors (Lipinski definition) is 1. The lowest BCUT2D eigenvalue weighted by molar-refractivity contribution is 0.102. The Bertz CT molecular complexity index is 1150. The number of carbonyl (C=O) groups excluding carboxylic acids is 1. The van der Waals surface area contributed by atoms with Crippen LogP contribution in [0.25, 0.3) is 16.9 Å². The van der Waals surface area contributed by atoms with Gasteiger partial charge in [-0.1, -0.05) is 43.2 Å². The number of nitrogens with zero attached hydrogens (tertiary/aromatic N) is 4. The predicted octanol–water partition coefficient (Wildman–Crippen LogP) is 4.70. The normalized spacial score (nSPS) is 14.3. The highest BCUT2D eigenvalue weighted by Gasteiger charge is 2.23. The van der Waals surface area contributed by atoms with E-state index in [2.05, 4.69) is 15.4 Å². The average molecular weight is 383 g/mol. The first-order chi connectivity index (χ1) is 14.3. The van der Waals surface area contributed by atoms with Gasteiger partial charge in [-0.2, -0.15) is 9.61 Å². The SMILES string of the molecule is O=C(Nc1cc(-c2ccccc2)nc2c(C3CCCC3)cnn12)c1cccnc1. The molecule has 6 heteroatoms. The topological polar surface area (TPSA) is 72.2 Å². The van der Waals surface area contributed by atoms with E-state index in [1.165, 1.54) is 12.8 Å². The van der Waals surface area contributed by atoms with Crippen LogP contribution >= 0.6 is 0 Å². The van der Waals surface area contributed by atoms with Crippen LogP contribution in [0, 0.1) is 0 Å². The summed E-state index contributed by atoms with van der Waals surface area (Å²) in [6.07, 6.45) is 9.92. The fraction of sp³-hybridized carbons (Fsp3) is 0.217. The van der Waals surface area contributed by atoms with Crippen molar-refractivity contribution in [3.05, 3.63) is 78.2 Å². The van der Waals surface area contributed by atoms with Crippen molar-refractivity contribution in [1.29, 1.82) is 0 Å². The summed E-state index contributed by atoms with van der Waals surface area (Å²) in [5, 5.41) is 7.57. The number of carbonyl (C=O) groups is 1. The largest absolute Gasteiger partial charge is 0.306 e. The van der Waals surface area contributed by atoms with Crippen LogP contribution in [0.3, 0.4) is 0 Å². The summed E-state index contributed by atoms with van der Waals surface area (Å²) >= 11 is 0. The van der Waals surface area contributed by atoms with Crippen molar-refractivity contribution in [2.45, 2.75) is 31.6 Å². The van der Waals surface area contributed by atoms with Crippen molar-refractivity contribution < 1.29 is 4.79 Å². The van der Waals surface area contributed by atoms with Crippen molar-refractivity contribution in [2.24, 2.45) is 0 Å². The number of rotatable bonds is 4. The van der Waals surface area contributed by atoms with Gasteiger partial charge in [0.15, 0.2) is 5.65 Å². The fourth-order valence-corrected chi connectivity index (χ4v) is 4.04. The van der Waals surface area contributed by atoms with E-state index in [0.29, 0.717) is 17.3 Å². The second-order valence-electron chi connectivity index (χ2n) is 7.41. The molecular weight excluding hydrogens is 362 g/mol. The van der Waals surface area contributed by atoms with Crippen LogP contribution in [0.15, 0.2) is 67.1 Å². The number of fused-ring (bicyclic) bond motifs is 1. The van der Waals surface area contributed by atoms with E-state index in [1.54, 1.807) is 29.0 Å². The van der Waals surface area contributed by atoms with Crippen LogP contribution in [0.4, 0.5) is 5.82 Å². The molecule has 0 aliphatic heterocycles. The molecule has 0 saturated heterocycles. The number of hydrogen-bond acceptors (Lipinski definition) is 4. The molecule has 0 radical (unpaired) electrons. The Hall–Kier alpha value is -3.54. The molecule has 6 nitrogen and oxygen atoms in total. The van der Waals surface area contributed by atoms with Crippen molar-refractivity contribution in [3.63, 3.8) is 0 Å². The number of pyridine rings is 1. The van der Waals surface area contributed by atoms with E-state index in [4.69, 9.17) is 4.98 Å². The maximum absolute atomic E-state index is 12.8. The molecule has 1 amide bonds. The van der Waals surface area contributed by atoms with Gasteiger partial charge in [0.25, 0.3) is 5.91 Å². The molecule has 1 saturated carbocycles. The molecule has 1 fully saturated rings. The second-order valence-corrected chi connectivity index (χ2v) is 7.41. The lowest BCUT2D eigenvalue weighted by atomic mass is 10.0.